The van der Waals surface area contributed by atoms with E-state index in [0.29, 0.717) is 5.84 Å². The number of nitrogens with two attached hydrogens (primary N) is 1. The van der Waals surface area contributed by atoms with Crippen LogP contribution in [0.25, 0.3) is 10.1 Å². The zero-order valence-electron chi connectivity index (χ0n) is 10.4. The zero-order chi connectivity index (χ0) is 13.7. The number of halogens is 1. The molecule has 0 fully saturated rings. The number of amidine groups is 1. The van der Waals surface area contributed by atoms with Gasteiger partial charge in [0, 0.05) is 10.1 Å². The second-order valence-corrected chi connectivity index (χ2v) is 5.64. The summed E-state index contributed by atoms with van der Waals surface area (Å²) in [7, 11) is 0. The predicted octanol–water partition coefficient (Wildman–Crippen LogP) is 4.13. The number of rotatable bonds is 0. The number of hydrogen-bond donors (Lipinski definition) is 2. The van der Waals surface area contributed by atoms with Gasteiger partial charge in [0.1, 0.15) is 16.7 Å². The maximum atomic E-state index is 13.3. The molecular formula is C15H10FN3S. The Morgan fingerprint density at radius 1 is 1.15 bits per heavy atom. The first-order valence-electron chi connectivity index (χ1n) is 6.15. The number of aliphatic imine (C=N–C) groups is 1. The number of anilines is 2. The van der Waals surface area contributed by atoms with Gasteiger partial charge in [-0.25, -0.2) is 9.38 Å². The lowest BCUT2D eigenvalue weighted by molar-refractivity contribution is 0.630. The van der Waals surface area contributed by atoms with Crippen LogP contribution in [0, 0.1) is 5.82 Å². The van der Waals surface area contributed by atoms with Gasteiger partial charge in [-0.05, 0) is 30.3 Å². The Morgan fingerprint density at radius 2 is 2.00 bits per heavy atom. The van der Waals surface area contributed by atoms with Gasteiger partial charge in [0.25, 0.3) is 0 Å². The summed E-state index contributed by atoms with van der Waals surface area (Å²) in [6, 6.07) is 12.4. The van der Waals surface area contributed by atoms with Gasteiger partial charge in [0.2, 0.25) is 0 Å². The molecule has 0 bridgehead atoms. The second-order valence-electron chi connectivity index (χ2n) is 4.59. The third kappa shape index (κ3) is 1.60. The lowest BCUT2D eigenvalue weighted by Crippen LogP contribution is -2.12. The van der Waals surface area contributed by atoms with Crippen molar-refractivity contribution in [3.63, 3.8) is 0 Å². The summed E-state index contributed by atoms with van der Waals surface area (Å²) in [5.41, 5.74) is 8.69. The van der Waals surface area contributed by atoms with Crippen LogP contribution in [0.5, 0.6) is 0 Å². The molecule has 1 aliphatic heterocycles. The van der Waals surface area contributed by atoms with E-state index in [-0.39, 0.29) is 5.82 Å². The largest absolute Gasteiger partial charge is 0.383 e. The molecule has 1 aromatic heterocycles. The molecule has 0 saturated heterocycles. The van der Waals surface area contributed by atoms with Crippen LogP contribution in [-0.4, -0.2) is 5.84 Å². The molecule has 2 aromatic carbocycles. The molecule has 3 aromatic rings. The lowest BCUT2D eigenvalue weighted by Gasteiger charge is -2.04. The first kappa shape index (κ1) is 11.4. The molecule has 98 valence electrons. The SMILES string of the molecule is NC1=Nc2ccccc2Nc2sc3cc(F)ccc3c21. The number of para-hydroxylation sites is 2. The number of hydrogen-bond acceptors (Lipinski definition) is 4. The van der Waals surface area contributed by atoms with E-state index in [1.54, 1.807) is 6.07 Å². The molecular weight excluding hydrogens is 273 g/mol. The summed E-state index contributed by atoms with van der Waals surface area (Å²) in [5, 5.41) is 5.17. The number of nitrogens with zero attached hydrogens (tertiary/aromatic N) is 1. The topological polar surface area (TPSA) is 50.4 Å². The molecule has 0 unspecified atom stereocenters. The summed E-state index contributed by atoms with van der Waals surface area (Å²) < 4.78 is 14.2. The summed E-state index contributed by atoms with van der Waals surface area (Å²) in [6.45, 7) is 0. The third-order valence-electron chi connectivity index (χ3n) is 3.30. The van der Waals surface area contributed by atoms with Gasteiger partial charge in [-0.3, -0.25) is 0 Å². The molecule has 0 aliphatic carbocycles. The maximum absolute atomic E-state index is 13.3. The Hall–Kier alpha value is -2.40. The number of fused-ring (bicyclic) bond motifs is 4. The summed E-state index contributed by atoms with van der Waals surface area (Å²) in [5.74, 6) is 0.208. The van der Waals surface area contributed by atoms with Gasteiger partial charge in [-0.2, -0.15) is 0 Å². The standard InChI is InChI=1S/C15H10FN3S/c16-8-5-6-9-12(7-8)20-15-13(9)14(17)18-10-3-1-2-4-11(10)19-15/h1-7,19H,(H2,17,18). The molecule has 5 heteroatoms. The van der Waals surface area contributed by atoms with E-state index >= 15 is 0 Å². The quantitative estimate of drug-likeness (QED) is 0.651. The highest BCUT2D eigenvalue weighted by Gasteiger charge is 2.20. The van der Waals surface area contributed by atoms with Crippen molar-refractivity contribution < 1.29 is 4.39 Å². The van der Waals surface area contributed by atoms with Crippen LogP contribution in [0.2, 0.25) is 0 Å². The monoisotopic (exact) mass is 283 g/mol. The van der Waals surface area contributed by atoms with E-state index in [1.807, 2.05) is 24.3 Å². The van der Waals surface area contributed by atoms with Gasteiger partial charge in [0.15, 0.2) is 0 Å². The highest BCUT2D eigenvalue weighted by molar-refractivity contribution is 7.23. The van der Waals surface area contributed by atoms with Crippen molar-refractivity contribution in [3.8, 4) is 0 Å². The van der Waals surface area contributed by atoms with Crippen molar-refractivity contribution in [1.29, 1.82) is 0 Å². The van der Waals surface area contributed by atoms with E-state index < -0.39 is 0 Å². The first-order chi connectivity index (χ1) is 9.72. The van der Waals surface area contributed by atoms with Crippen molar-refractivity contribution in [2.45, 2.75) is 0 Å². The summed E-state index contributed by atoms with van der Waals surface area (Å²) in [6.07, 6.45) is 0. The van der Waals surface area contributed by atoms with Gasteiger partial charge >= 0.3 is 0 Å². The van der Waals surface area contributed by atoms with Crippen LogP contribution >= 0.6 is 11.3 Å². The molecule has 0 spiro atoms. The molecule has 0 radical (unpaired) electrons. The minimum atomic E-state index is -0.246. The average molecular weight is 283 g/mol. The number of nitrogens with one attached hydrogen (secondary N) is 1. The number of thiophene rings is 1. The van der Waals surface area contributed by atoms with Crippen LogP contribution < -0.4 is 11.1 Å². The second kappa shape index (κ2) is 4.05. The molecule has 0 amide bonds. The lowest BCUT2D eigenvalue weighted by atomic mass is 10.1. The third-order valence-corrected chi connectivity index (χ3v) is 4.37. The van der Waals surface area contributed by atoms with E-state index in [1.165, 1.54) is 23.5 Å². The first-order valence-corrected chi connectivity index (χ1v) is 6.96. The van der Waals surface area contributed by atoms with Crippen molar-refractivity contribution >= 4 is 43.6 Å². The fourth-order valence-electron chi connectivity index (χ4n) is 2.40. The molecule has 0 atom stereocenters. The van der Waals surface area contributed by atoms with E-state index in [0.717, 1.165) is 32.0 Å². The van der Waals surface area contributed by atoms with E-state index in [9.17, 15) is 4.39 Å². The molecule has 3 N–H and O–H groups in total. The minimum Gasteiger partial charge on any atom is -0.383 e. The Balaban J connectivity index is 2.03. The van der Waals surface area contributed by atoms with Gasteiger partial charge < -0.3 is 11.1 Å². The van der Waals surface area contributed by atoms with Crippen molar-refractivity contribution in [1.82, 2.24) is 0 Å². The van der Waals surface area contributed by atoms with Gasteiger partial charge in [-0.1, -0.05) is 12.1 Å². The molecule has 4 rings (SSSR count). The summed E-state index contributed by atoms with van der Waals surface area (Å²) in [4.78, 5) is 4.47. The van der Waals surface area contributed by atoms with Gasteiger partial charge in [-0.15, -0.1) is 11.3 Å². The average Bonchev–Trinajstić information content (AvgIpc) is 2.71. The molecule has 20 heavy (non-hydrogen) atoms. The van der Waals surface area contributed by atoms with Crippen LogP contribution in [0.3, 0.4) is 0 Å². The van der Waals surface area contributed by atoms with Crippen molar-refractivity contribution in [3.05, 3.63) is 53.8 Å². The van der Waals surface area contributed by atoms with Crippen LogP contribution in [0.4, 0.5) is 20.8 Å². The van der Waals surface area contributed by atoms with Crippen LogP contribution in [0.1, 0.15) is 5.56 Å². The van der Waals surface area contributed by atoms with Crippen molar-refractivity contribution in [2.75, 3.05) is 5.32 Å². The van der Waals surface area contributed by atoms with Gasteiger partial charge in [0.05, 0.1) is 16.9 Å². The number of benzene rings is 2. The van der Waals surface area contributed by atoms with Crippen LogP contribution in [0.15, 0.2) is 47.5 Å². The zero-order valence-corrected chi connectivity index (χ0v) is 11.2. The Kier molecular flexibility index (Phi) is 2.31. The Labute approximate surface area is 118 Å². The highest BCUT2D eigenvalue weighted by Crippen LogP contribution is 2.41. The Bertz CT molecular complexity index is 867. The molecule has 2 heterocycles. The predicted molar refractivity (Wildman–Crippen MR) is 81.9 cm³/mol. The van der Waals surface area contributed by atoms with E-state index in [4.69, 9.17) is 5.73 Å². The molecule has 3 nitrogen and oxygen atoms in total. The molecule has 0 saturated carbocycles. The van der Waals surface area contributed by atoms with Crippen LogP contribution in [-0.2, 0) is 0 Å². The van der Waals surface area contributed by atoms with E-state index in [2.05, 4.69) is 10.3 Å². The van der Waals surface area contributed by atoms with Crippen molar-refractivity contribution in [2.24, 2.45) is 10.7 Å². The normalized spacial score (nSPS) is 13.2. The fraction of sp³-hybridized carbons (Fsp3) is 0. The highest BCUT2D eigenvalue weighted by atomic mass is 32.1. The maximum Gasteiger partial charge on any atom is 0.135 e. The summed E-state index contributed by atoms with van der Waals surface area (Å²) >= 11 is 1.48. The fourth-order valence-corrected chi connectivity index (χ4v) is 3.55. The smallest absolute Gasteiger partial charge is 0.135 e. The Morgan fingerprint density at radius 3 is 2.90 bits per heavy atom. The minimum absolute atomic E-state index is 0.246. The molecule has 1 aliphatic rings.